The van der Waals surface area contributed by atoms with Crippen molar-refractivity contribution >= 4 is 39.6 Å². The maximum Gasteiger partial charge on any atom is 0.414 e. The number of ether oxygens (including phenoxy) is 1. The topological polar surface area (TPSA) is 64.1 Å². The summed E-state index contributed by atoms with van der Waals surface area (Å²) < 4.78 is 5.67. The minimum atomic E-state index is -0.615. The molecule has 1 aromatic rings. The number of hydrogen-bond acceptors (Lipinski definition) is 4. The molecule has 0 saturated carbocycles. The zero-order chi connectivity index (χ0) is 13.2. The van der Waals surface area contributed by atoms with E-state index in [9.17, 15) is 4.79 Å². The summed E-state index contributed by atoms with van der Waals surface area (Å²) >= 11 is 9.07. The Morgan fingerprint density at radius 2 is 2.00 bits per heavy atom. The third-order valence-electron chi connectivity index (χ3n) is 1.59. The molecule has 0 unspecified atom stereocenters. The third-order valence-corrected chi connectivity index (χ3v) is 3.04. The number of carbonyl (C=O) groups excluding carboxylic acids is 1. The molecule has 0 fully saturated rings. The Kier molecular flexibility index (Phi) is 4.32. The fraction of sp³-hybridized carbons (Fsp3) is 0.500. The predicted octanol–water partition coefficient (Wildman–Crippen LogP) is 3.55. The lowest BCUT2D eigenvalue weighted by Gasteiger charge is -2.19. The Balaban J connectivity index is 2.79. The summed E-state index contributed by atoms with van der Waals surface area (Å²) in [5.74, 6) is 0.116. The second-order valence-corrected chi connectivity index (χ2v) is 5.52. The average molecular weight is 323 g/mol. The van der Waals surface area contributed by atoms with Gasteiger partial charge >= 0.3 is 6.09 Å². The van der Waals surface area contributed by atoms with Gasteiger partial charge in [-0.3, -0.25) is 5.32 Å². The number of nitrogens with one attached hydrogen (secondary N) is 1. The molecule has 5 nitrogen and oxygen atoms in total. The number of halogens is 2. The molecular weight excluding hydrogens is 309 g/mol. The number of anilines is 1. The lowest BCUT2D eigenvalue weighted by Crippen LogP contribution is -2.27. The molecule has 0 saturated heterocycles. The Morgan fingerprint density at radius 1 is 1.41 bits per heavy atom. The largest absolute Gasteiger partial charge is 0.444 e. The van der Waals surface area contributed by atoms with Crippen LogP contribution in [0.25, 0.3) is 0 Å². The summed E-state index contributed by atoms with van der Waals surface area (Å²) in [6, 6.07) is 0. The molecule has 7 heteroatoms. The fourth-order valence-electron chi connectivity index (χ4n) is 0.975. The molecule has 0 atom stereocenters. The van der Waals surface area contributed by atoms with Gasteiger partial charge in [-0.2, -0.15) is 4.98 Å². The van der Waals surface area contributed by atoms with E-state index in [1.807, 2.05) is 0 Å². The van der Waals surface area contributed by atoms with Crippen molar-refractivity contribution in [1.82, 2.24) is 9.97 Å². The van der Waals surface area contributed by atoms with Gasteiger partial charge in [-0.15, -0.1) is 0 Å². The number of aromatic nitrogens is 2. The van der Waals surface area contributed by atoms with Crippen LogP contribution < -0.4 is 5.32 Å². The molecule has 0 aliphatic heterocycles. The molecular formula is C10H13BrClN3O2. The Labute approximate surface area is 113 Å². The highest BCUT2D eigenvalue weighted by molar-refractivity contribution is 9.10. The molecule has 94 valence electrons. The zero-order valence-corrected chi connectivity index (χ0v) is 12.3. The molecule has 0 radical (unpaired) electrons. The van der Waals surface area contributed by atoms with E-state index in [0.29, 0.717) is 10.2 Å². The number of hydrogen-bond donors (Lipinski definition) is 1. The summed E-state index contributed by atoms with van der Waals surface area (Å²) in [7, 11) is 0. The summed E-state index contributed by atoms with van der Waals surface area (Å²) in [4.78, 5) is 19.4. The van der Waals surface area contributed by atoms with Crippen molar-refractivity contribution < 1.29 is 9.53 Å². The van der Waals surface area contributed by atoms with E-state index in [-0.39, 0.29) is 11.1 Å². The highest BCUT2D eigenvalue weighted by Gasteiger charge is 2.17. The normalized spacial score (nSPS) is 11.2. The van der Waals surface area contributed by atoms with Gasteiger partial charge in [0.1, 0.15) is 10.8 Å². The van der Waals surface area contributed by atoms with Crippen LogP contribution in [0.5, 0.6) is 0 Å². The van der Waals surface area contributed by atoms with Crippen LogP contribution in [0.1, 0.15) is 26.5 Å². The van der Waals surface area contributed by atoms with Gasteiger partial charge in [-0.1, -0.05) is 11.6 Å². The minimum absolute atomic E-state index is 0.116. The first-order valence-corrected chi connectivity index (χ1v) is 6.06. The summed E-state index contributed by atoms with van der Waals surface area (Å²) in [5, 5.41) is 2.66. The molecule has 1 aromatic heterocycles. The van der Waals surface area contributed by atoms with Crippen molar-refractivity contribution in [3.05, 3.63) is 15.3 Å². The second-order valence-electron chi connectivity index (χ2n) is 4.36. The first kappa shape index (κ1) is 14.2. The molecule has 1 amide bonds. The van der Waals surface area contributed by atoms with Gasteiger partial charge in [0, 0.05) is 0 Å². The van der Waals surface area contributed by atoms with Gasteiger partial charge in [0.2, 0.25) is 5.95 Å². The smallest absolute Gasteiger partial charge is 0.414 e. The number of rotatable bonds is 1. The number of amides is 1. The van der Waals surface area contributed by atoms with E-state index in [2.05, 4.69) is 31.2 Å². The van der Waals surface area contributed by atoms with Crippen molar-refractivity contribution in [1.29, 1.82) is 0 Å². The standard InChI is InChI=1S/C10H13BrClN3O2/c1-5-6(11)7(12)14-8(13-5)15-9(16)17-10(2,3)4/h1-4H3,(H,13,14,15,16). The number of aryl methyl sites for hydroxylation is 1. The van der Waals surface area contributed by atoms with Crippen LogP contribution in [0.3, 0.4) is 0 Å². The van der Waals surface area contributed by atoms with Crippen molar-refractivity contribution in [3.63, 3.8) is 0 Å². The van der Waals surface area contributed by atoms with Crippen LogP contribution >= 0.6 is 27.5 Å². The lowest BCUT2D eigenvalue weighted by atomic mass is 10.2. The van der Waals surface area contributed by atoms with Crippen molar-refractivity contribution in [3.8, 4) is 0 Å². The summed E-state index contributed by atoms with van der Waals surface area (Å²) in [5.41, 5.74) is 0.0641. The van der Waals surface area contributed by atoms with Gasteiger partial charge in [0.15, 0.2) is 0 Å². The van der Waals surface area contributed by atoms with Crippen molar-refractivity contribution in [2.75, 3.05) is 5.32 Å². The molecule has 1 heterocycles. The maximum atomic E-state index is 11.5. The zero-order valence-electron chi connectivity index (χ0n) is 9.97. The van der Waals surface area contributed by atoms with Crippen LogP contribution in [-0.4, -0.2) is 21.7 Å². The fourth-order valence-corrected chi connectivity index (χ4v) is 1.37. The van der Waals surface area contributed by atoms with E-state index >= 15 is 0 Å². The SMILES string of the molecule is Cc1nc(NC(=O)OC(C)(C)C)nc(Cl)c1Br. The first-order valence-electron chi connectivity index (χ1n) is 4.88. The highest BCUT2D eigenvalue weighted by Crippen LogP contribution is 2.24. The first-order chi connectivity index (χ1) is 7.69. The van der Waals surface area contributed by atoms with E-state index in [1.165, 1.54) is 0 Å². The summed E-state index contributed by atoms with van der Waals surface area (Å²) in [6.45, 7) is 7.06. The molecule has 0 aliphatic rings. The van der Waals surface area contributed by atoms with Crippen LogP contribution in [0.15, 0.2) is 4.47 Å². The Hall–Kier alpha value is -0.880. The van der Waals surface area contributed by atoms with Crippen LogP contribution in [0, 0.1) is 6.92 Å². The molecule has 0 spiro atoms. The van der Waals surface area contributed by atoms with Gasteiger partial charge in [0.05, 0.1) is 10.2 Å². The quantitative estimate of drug-likeness (QED) is 0.803. The number of nitrogens with zero attached hydrogens (tertiary/aromatic N) is 2. The third kappa shape index (κ3) is 4.47. The van der Waals surface area contributed by atoms with Gasteiger partial charge in [-0.25, -0.2) is 9.78 Å². The predicted molar refractivity (Wildman–Crippen MR) is 69.3 cm³/mol. The molecule has 0 aliphatic carbocycles. The van der Waals surface area contributed by atoms with Gasteiger partial charge in [-0.05, 0) is 43.6 Å². The van der Waals surface area contributed by atoms with E-state index in [0.717, 1.165) is 0 Å². The Morgan fingerprint density at radius 3 is 2.47 bits per heavy atom. The van der Waals surface area contributed by atoms with E-state index in [1.54, 1.807) is 27.7 Å². The number of carbonyl (C=O) groups is 1. The lowest BCUT2D eigenvalue weighted by molar-refractivity contribution is 0.0634. The highest BCUT2D eigenvalue weighted by atomic mass is 79.9. The van der Waals surface area contributed by atoms with Crippen LogP contribution in [0.2, 0.25) is 5.15 Å². The van der Waals surface area contributed by atoms with Crippen molar-refractivity contribution in [2.24, 2.45) is 0 Å². The molecule has 1 N–H and O–H groups in total. The van der Waals surface area contributed by atoms with Gasteiger partial charge in [0.25, 0.3) is 0 Å². The minimum Gasteiger partial charge on any atom is -0.444 e. The maximum absolute atomic E-state index is 11.5. The average Bonchev–Trinajstić information content (AvgIpc) is 2.10. The molecule has 0 aromatic carbocycles. The molecule has 0 bridgehead atoms. The second kappa shape index (κ2) is 5.18. The summed E-state index contributed by atoms with van der Waals surface area (Å²) in [6.07, 6.45) is -0.615. The monoisotopic (exact) mass is 321 g/mol. The molecule has 1 rings (SSSR count). The van der Waals surface area contributed by atoms with E-state index in [4.69, 9.17) is 16.3 Å². The van der Waals surface area contributed by atoms with Crippen LogP contribution in [-0.2, 0) is 4.74 Å². The van der Waals surface area contributed by atoms with E-state index < -0.39 is 11.7 Å². The van der Waals surface area contributed by atoms with Crippen molar-refractivity contribution in [2.45, 2.75) is 33.3 Å². The van der Waals surface area contributed by atoms with Crippen LogP contribution in [0.4, 0.5) is 10.7 Å². The Bertz CT molecular complexity index is 423. The van der Waals surface area contributed by atoms with Gasteiger partial charge < -0.3 is 4.74 Å². The molecule has 17 heavy (non-hydrogen) atoms.